The van der Waals surface area contributed by atoms with Gasteiger partial charge in [0.05, 0.1) is 5.69 Å². The zero-order valence-electron chi connectivity index (χ0n) is 11.1. The van der Waals surface area contributed by atoms with Crippen molar-refractivity contribution in [3.8, 4) is 0 Å². The van der Waals surface area contributed by atoms with Crippen LogP contribution in [0.3, 0.4) is 0 Å². The van der Waals surface area contributed by atoms with Crippen molar-refractivity contribution in [2.24, 2.45) is 0 Å². The number of aryl methyl sites for hydroxylation is 1. The zero-order chi connectivity index (χ0) is 12.4. The lowest BCUT2D eigenvalue weighted by molar-refractivity contribution is 0.204. The molecule has 2 atom stereocenters. The Morgan fingerprint density at radius 3 is 3.11 bits per heavy atom. The molecule has 18 heavy (non-hydrogen) atoms. The molecule has 1 aromatic heterocycles. The molecule has 4 heteroatoms. The van der Waals surface area contributed by atoms with Crippen molar-refractivity contribution >= 4 is 0 Å². The highest BCUT2D eigenvalue weighted by Crippen LogP contribution is 2.25. The summed E-state index contributed by atoms with van der Waals surface area (Å²) < 4.78 is 0. The van der Waals surface area contributed by atoms with Crippen LogP contribution in [0.2, 0.25) is 0 Å². The Hall–Kier alpha value is -1.00. The van der Waals surface area contributed by atoms with E-state index < -0.39 is 0 Å². The van der Waals surface area contributed by atoms with Crippen LogP contribution in [0.25, 0.3) is 0 Å². The first-order valence-electron chi connectivity index (χ1n) is 7.09. The Kier molecular flexibility index (Phi) is 3.57. The van der Waals surface area contributed by atoms with Gasteiger partial charge in [0, 0.05) is 24.8 Å². The average Bonchev–Trinajstić information content (AvgIpc) is 2.98. The molecule has 98 valence electrons. The molecule has 0 bridgehead atoms. The summed E-state index contributed by atoms with van der Waals surface area (Å²) in [6, 6.07) is 3.46. The van der Waals surface area contributed by atoms with E-state index in [1.165, 1.54) is 38.8 Å². The standard InChI is InChI=1S/C14H22N4/c1-11-15-8-6-12(17-11)10-18-9-3-5-14(18)13-4-2-7-16-13/h6,8,13-14,16H,2-5,7,9-10H2,1H3. The lowest BCUT2D eigenvalue weighted by atomic mass is 10.0. The predicted octanol–water partition coefficient (Wildman–Crippen LogP) is 1.50. The Labute approximate surface area is 109 Å². The molecule has 0 spiro atoms. The van der Waals surface area contributed by atoms with Crippen molar-refractivity contribution in [2.45, 2.75) is 51.2 Å². The molecule has 1 N–H and O–H groups in total. The van der Waals surface area contributed by atoms with E-state index in [0.717, 1.165) is 18.1 Å². The maximum Gasteiger partial charge on any atom is 0.125 e. The molecule has 0 aromatic carbocycles. The highest BCUT2D eigenvalue weighted by atomic mass is 15.2. The van der Waals surface area contributed by atoms with E-state index in [1.54, 1.807) is 0 Å². The molecular formula is C14H22N4. The van der Waals surface area contributed by atoms with Gasteiger partial charge in [-0.15, -0.1) is 0 Å². The van der Waals surface area contributed by atoms with E-state index in [1.807, 2.05) is 19.2 Å². The van der Waals surface area contributed by atoms with E-state index in [4.69, 9.17) is 0 Å². The Morgan fingerprint density at radius 2 is 2.33 bits per heavy atom. The third-order valence-electron chi connectivity index (χ3n) is 4.18. The fourth-order valence-electron chi connectivity index (χ4n) is 3.35. The molecule has 3 heterocycles. The highest BCUT2D eigenvalue weighted by Gasteiger charge is 2.33. The average molecular weight is 246 g/mol. The van der Waals surface area contributed by atoms with Gasteiger partial charge < -0.3 is 5.32 Å². The van der Waals surface area contributed by atoms with Gasteiger partial charge in [-0.05, 0) is 51.8 Å². The number of nitrogens with zero attached hydrogens (tertiary/aromatic N) is 3. The smallest absolute Gasteiger partial charge is 0.125 e. The van der Waals surface area contributed by atoms with Crippen LogP contribution >= 0.6 is 0 Å². The maximum atomic E-state index is 4.52. The van der Waals surface area contributed by atoms with Crippen LogP contribution in [0.4, 0.5) is 0 Å². The highest BCUT2D eigenvalue weighted by molar-refractivity contribution is 5.03. The molecule has 0 saturated carbocycles. The van der Waals surface area contributed by atoms with Crippen molar-refractivity contribution in [3.05, 3.63) is 23.8 Å². The summed E-state index contributed by atoms with van der Waals surface area (Å²) >= 11 is 0. The molecule has 0 aliphatic carbocycles. The second-order valence-electron chi connectivity index (χ2n) is 5.48. The second-order valence-corrected chi connectivity index (χ2v) is 5.48. The maximum absolute atomic E-state index is 4.52. The largest absolute Gasteiger partial charge is 0.312 e. The van der Waals surface area contributed by atoms with Crippen molar-refractivity contribution < 1.29 is 0 Å². The molecule has 4 nitrogen and oxygen atoms in total. The summed E-state index contributed by atoms with van der Waals surface area (Å²) in [7, 11) is 0. The minimum absolute atomic E-state index is 0.704. The first kappa shape index (κ1) is 12.1. The van der Waals surface area contributed by atoms with Crippen molar-refractivity contribution in [2.75, 3.05) is 13.1 Å². The van der Waals surface area contributed by atoms with Gasteiger partial charge in [-0.2, -0.15) is 0 Å². The van der Waals surface area contributed by atoms with Crippen molar-refractivity contribution in [1.82, 2.24) is 20.2 Å². The fourth-order valence-corrected chi connectivity index (χ4v) is 3.35. The summed E-state index contributed by atoms with van der Waals surface area (Å²) in [5.41, 5.74) is 1.16. The third kappa shape index (κ3) is 2.54. The van der Waals surface area contributed by atoms with Gasteiger partial charge in [0.15, 0.2) is 0 Å². The molecule has 2 saturated heterocycles. The molecule has 0 amide bonds. The van der Waals surface area contributed by atoms with Crippen LogP contribution in [0.5, 0.6) is 0 Å². The van der Waals surface area contributed by atoms with E-state index in [-0.39, 0.29) is 0 Å². The summed E-state index contributed by atoms with van der Waals surface area (Å²) in [6.45, 7) is 5.35. The van der Waals surface area contributed by atoms with Crippen LogP contribution in [0, 0.1) is 6.92 Å². The van der Waals surface area contributed by atoms with Crippen LogP contribution in [0.15, 0.2) is 12.3 Å². The molecule has 0 radical (unpaired) electrons. The topological polar surface area (TPSA) is 41.1 Å². The molecule has 2 aliphatic rings. The Bertz CT molecular complexity index is 401. The van der Waals surface area contributed by atoms with Crippen molar-refractivity contribution in [3.63, 3.8) is 0 Å². The van der Waals surface area contributed by atoms with E-state index in [2.05, 4.69) is 20.2 Å². The molecule has 2 aliphatic heterocycles. The number of hydrogen-bond donors (Lipinski definition) is 1. The Morgan fingerprint density at radius 1 is 1.39 bits per heavy atom. The second kappa shape index (κ2) is 5.33. The lowest BCUT2D eigenvalue weighted by Gasteiger charge is -2.29. The SMILES string of the molecule is Cc1nccc(CN2CCCC2C2CCCN2)n1. The zero-order valence-corrected chi connectivity index (χ0v) is 11.1. The van der Waals surface area contributed by atoms with Gasteiger partial charge in [-0.3, -0.25) is 4.90 Å². The van der Waals surface area contributed by atoms with E-state index in [0.29, 0.717) is 12.1 Å². The van der Waals surface area contributed by atoms with Gasteiger partial charge in [0.25, 0.3) is 0 Å². The number of rotatable bonds is 3. The van der Waals surface area contributed by atoms with Gasteiger partial charge in [0.1, 0.15) is 5.82 Å². The first-order chi connectivity index (χ1) is 8.83. The molecule has 2 unspecified atom stereocenters. The van der Waals surface area contributed by atoms with Crippen LogP contribution in [-0.4, -0.2) is 40.0 Å². The van der Waals surface area contributed by atoms with Gasteiger partial charge >= 0.3 is 0 Å². The van der Waals surface area contributed by atoms with Gasteiger partial charge in [-0.25, -0.2) is 9.97 Å². The van der Waals surface area contributed by atoms with Crippen LogP contribution in [0.1, 0.15) is 37.2 Å². The quantitative estimate of drug-likeness (QED) is 0.877. The summed E-state index contributed by atoms with van der Waals surface area (Å²) in [4.78, 5) is 11.3. The fraction of sp³-hybridized carbons (Fsp3) is 0.714. The lowest BCUT2D eigenvalue weighted by Crippen LogP contribution is -2.43. The predicted molar refractivity (Wildman–Crippen MR) is 71.2 cm³/mol. The molecule has 1 aromatic rings. The van der Waals surface area contributed by atoms with Crippen LogP contribution in [-0.2, 0) is 6.54 Å². The normalized spacial score (nSPS) is 28.9. The molecule has 3 rings (SSSR count). The summed E-state index contributed by atoms with van der Waals surface area (Å²) in [6.07, 6.45) is 7.21. The van der Waals surface area contributed by atoms with E-state index >= 15 is 0 Å². The molecular weight excluding hydrogens is 224 g/mol. The monoisotopic (exact) mass is 246 g/mol. The van der Waals surface area contributed by atoms with Gasteiger partial charge in [0.2, 0.25) is 0 Å². The number of hydrogen-bond acceptors (Lipinski definition) is 4. The minimum atomic E-state index is 0.704. The molecule has 2 fully saturated rings. The summed E-state index contributed by atoms with van der Waals surface area (Å²) in [5.74, 6) is 0.877. The van der Waals surface area contributed by atoms with Crippen molar-refractivity contribution in [1.29, 1.82) is 0 Å². The Balaban J connectivity index is 1.67. The number of aromatic nitrogens is 2. The number of nitrogens with one attached hydrogen (secondary N) is 1. The minimum Gasteiger partial charge on any atom is -0.312 e. The number of likely N-dealkylation sites (tertiary alicyclic amines) is 1. The van der Waals surface area contributed by atoms with Gasteiger partial charge in [-0.1, -0.05) is 0 Å². The van der Waals surface area contributed by atoms with Crippen LogP contribution < -0.4 is 5.32 Å². The third-order valence-corrected chi connectivity index (χ3v) is 4.18. The first-order valence-corrected chi connectivity index (χ1v) is 7.09. The van der Waals surface area contributed by atoms with E-state index in [9.17, 15) is 0 Å². The summed E-state index contributed by atoms with van der Waals surface area (Å²) in [5, 5.41) is 3.65.